The molecule has 1 aromatic heterocycles. The Bertz CT molecular complexity index is 633. The van der Waals surface area contributed by atoms with Gasteiger partial charge in [0.25, 0.3) is 0 Å². The Morgan fingerprint density at radius 1 is 1.28 bits per heavy atom. The highest BCUT2D eigenvalue weighted by Gasteiger charge is 2.10. The van der Waals surface area contributed by atoms with Crippen molar-refractivity contribution in [3.63, 3.8) is 0 Å². The Labute approximate surface area is 110 Å². The van der Waals surface area contributed by atoms with Crippen molar-refractivity contribution in [2.45, 2.75) is 13.8 Å². The molecule has 0 unspecified atom stereocenters. The first-order chi connectivity index (χ1) is 8.61. The molecule has 1 N–H and O–H groups in total. The number of aliphatic imine (C=N–C) groups is 1. The van der Waals surface area contributed by atoms with E-state index in [4.69, 9.17) is 5.26 Å². The molecular formula is C14H12N2OS. The summed E-state index contributed by atoms with van der Waals surface area (Å²) in [7, 11) is 0. The summed E-state index contributed by atoms with van der Waals surface area (Å²) in [5, 5.41) is 19.0. The lowest BCUT2D eigenvalue weighted by molar-refractivity contribution is 0.475. The second kappa shape index (κ2) is 5.03. The van der Waals surface area contributed by atoms with Gasteiger partial charge in [0, 0.05) is 11.1 Å². The summed E-state index contributed by atoms with van der Waals surface area (Å²) in [6, 6.07) is 8.96. The van der Waals surface area contributed by atoms with Crippen molar-refractivity contribution in [2.75, 3.05) is 0 Å². The highest BCUT2D eigenvalue weighted by molar-refractivity contribution is 7.16. The molecule has 0 aliphatic rings. The van der Waals surface area contributed by atoms with Crippen molar-refractivity contribution in [3.8, 4) is 11.8 Å². The first-order valence-electron chi connectivity index (χ1n) is 5.45. The van der Waals surface area contributed by atoms with E-state index in [1.807, 2.05) is 13.8 Å². The third-order valence-electron chi connectivity index (χ3n) is 2.70. The van der Waals surface area contributed by atoms with E-state index in [0.717, 1.165) is 21.0 Å². The average molecular weight is 256 g/mol. The van der Waals surface area contributed by atoms with Gasteiger partial charge in [-0.2, -0.15) is 5.26 Å². The maximum absolute atomic E-state index is 9.18. The number of hydrogen-bond donors (Lipinski definition) is 1. The van der Waals surface area contributed by atoms with Crippen LogP contribution in [0, 0.1) is 25.2 Å². The summed E-state index contributed by atoms with van der Waals surface area (Å²) in [6.07, 6.45) is 1.70. The molecule has 18 heavy (non-hydrogen) atoms. The molecule has 0 aliphatic carbocycles. The van der Waals surface area contributed by atoms with Crippen molar-refractivity contribution in [1.82, 2.24) is 0 Å². The monoisotopic (exact) mass is 256 g/mol. The minimum absolute atomic E-state index is 0.229. The van der Waals surface area contributed by atoms with Gasteiger partial charge in [0.15, 0.2) is 0 Å². The van der Waals surface area contributed by atoms with Gasteiger partial charge in [0.05, 0.1) is 5.56 Å². The number of hydrogen-bond acceptors (Lipinski definition) is 4. The molecule has 0 aliphatic heterocycles. The van der Waals surface area contributed by atoms with Crippen molar-refractivity contribution in [2.24, 2.45) is 4.99 Å². The number of phenolic OH excluding ortho intramolecular Hbond substituents is 1. The van der Waals surface area contributed by atoms with Gasteiger partial charge in [0.2, 0.25) is 0 Å². The van der Waals surface area contributed by atoms with Crippen LogP contribution in [-0.2, 0) is 0 Å². The number of phenols is 1. The zero-order valence-electron chi connectivity index (χ0n) is 10.1. The first-order valence-corrected chi connectivity index (χ1v) is 6.26. The smallest absolute Gasteiger partial charge is 0.134 e. The molecule has 0 fully saturated rings. The van der Waals surface area contributed by atoms with Crippen LogP contribution in [-0.4, -0.2) is 11.3 Å². The van der Waals surface area contributed by atoms with Crippen LogP contribution < -0.4 is 0 Å². The van der Waals surface area contributed by atoms with E-state index in [1.165, 1.54) is 11.3 Å². The highest BCUT2D eigenvalue weighted by atomic mass is 32.1. The molecule has 0 saturated carbocycles. The van der Waals surface area contributed by atoms with Gasteiger partial charge in [-0.05, 0) is 49.2 Å². The van der Waals surface area contributed by atoms with Crippen LogP contribution in [0.2, 0.25) is 0 Å². The molecule has 2 rings (SSSR count). The molecule has 4 heteroatoms. The zero-order valence-corrected chi connectivity index (χ0v) is 11.0. The van der Waals surface area contributed by atoms with Crippen LogP contribution in [0.5, 0.6) is 5.75 Å². The highest BCUT2D eigenvalue weighted by Crippen LogP contribution is 2.33. The molecule has 1 aromatic carbocycles. The predicted octanol–water partition coefficient (Wildman–Crippen LogP) is 3.69. The zero-order chi connectivity index (χ0) is 13.1. The molecule has 90 valence electrons. The minimum Gasteiger partial charge on any atom is -0.508 e. The van der Waals surface area contributed by atoms with Gasteiger partial charge >= 0.3 is 0 Å². The number of aromatic hydroxyl groups is 1. The molecule has 0 saturated heterocycles. The standard InChI is InChI=1S/C14H12N2OS/c1-9-10(2)18-14(13(9)7-15)16-8-11-3-5-12(17)6-4-11/h3-6,8,17H,1-2H3. The first kappa shape index (κ1) is 12.3. The maximum atomic E-state index is 9.18. The topological polar surface area (TPSA) is 56.4 Å². The Morgan fingerprint density at radius 3 is 2.56 bits per heavy atom. The van der Waals surface area contributed by atoms with Gasteiger partial charge in [-0.25, -0.2) is 4.99 Å². The molecule has 0 radical (unpaired) electrons. The van der Waals surface area contributed by atoms with Crippen LogP contribution >= 0.6 is 11.3 Å². The predicted molar refractivity (Wildman–Crippen MR) is 73.9 cm³/mol. The number of rotatable bonds is 2. The second-order valence-corrected chi connectivity index (χ2v) is 5.13. The molecule has 0 amide bonds. The molecule has 0 spiro atoms. The van der Waals surface area contributed by atoms with E-state index in [0.29, 0.717) is 5.56 Å². The lowest BCUT2D eigenvalue weighted by atomic mass is 10.2. The summed E-state index contributed by atoms with van der Waals surface area (Å²) >= 11 is 1.52. The van der Waals surface area contributed by atoms with Crippen LogP contribution in [0.4, 0.5) is 5.00 Å². The summed E-state index contributed by atoms with van der Waals surface area (Å²) in [5.74, 6) is 0.229. The third kappa shape index (κ3) is 2.41. The van der Waals surface area contributed by atoms with Crippen molar-refractivity contribution in [1.29, 1.82) is 5.26 Å². The summed E-state index contributed by atoms with van der Waals surface area (Å²) in [6.45, 7) is 3.92. The quantitative estimate of drug-likeness (QED) is 0.833. The molecule has 0 bridgehead atoms. The fourth-order valence-electron chi connectivity index (χ4n) is 1.53. The molecule has 0 atom stereocenters. The fourth-order valence-corrected chi connectivity index (χ4v) is 2.48. The number of nitrogens with zero attached hydrogens (tertiary/aromatic N) is 2. The molecule has 3 nitrogen and oxygen atoms in total. The van der Waals surface area contributed by atoms with Gasteiger partial charge < -0.3 is 5.11 Å². The number of aryl methyl sites for hydroxylation is 1. The Hall–Kier alpha value is -2.12. The van der Waals surface area contributed by atoms with Gasteiger partial charge in [-0.1, -0.05) is 0 Å². The van der Waals surface area contributed by atoms with Crippen molar-refractivity contribution in [3.05, 3.63) is 45.8 Å². The number of benzene rings is 1. The van der Waals surface area contributed by atoms with E-state index in [1.54, 1.807) is 30.5 Å². The normalized spacial score (nSPS) is 10.7. The average Bonchev–Trinajstić information content (AvgIpc) is 2.64. The van der Waals surface area contributed by atoms with Crippen molar-refractivity contribution < 1.29 is 5.11 Å². The minimum atomic E-state index is 0.229. The lowest BCUT2D eigenvalue weighted by Crippen LogP contribution is -1.79. The molecule has 1 heterocycles. The van der Waals surface area contributed by atoms with E-state index < -0.39 is 0 Å². The summed E-state index contributed by atoms with van der Waals surface area (Å²) < 4.78 is 0. The largest absolute Gasteiger partial charge is 0.508 e. The van der Waals surface area contributed by atoms with Crippen LogP contribution in [0.15, 0.2) is 29.3 Å². The van der Waals surface area contributed by atoms with E-state index >= 15 is 0 Å². The molecule has 2 aromatic rings. The second-order valence-electron chi connectivity index (χ2n) is 3.92. The van der Waals surface area contributed by atoms with E-state index in [9.17, 15) is 5.11 Å². The van der Waals surface area contributed by atoms with Gasteiger partial charge in [-0.3, -0.25) is 0 Å². The Morgan fingerprint density at radius 2 is 1.94 bits per heavy atom. The summed E-state index contributed by atoms with van der Waals surface area (Å²) in [4.78, 5) is 5.46. The van der Waals surface area contributed by atoms with Crippen LogP contribution in [0.3, 0.4) is 0 Å². The maximum Gasteiger partial charge on any atom is 0.134 e. The van der Waals surface area contributed by atoms with E-state index in [-0.39, 0.29) is 5.75 Å². The van der Waals surface area contributed by atoms with Gasteiger partial charge in [-0.15, -0.1) is 11.3 Å². The number of nitriles is 1. The molecular weight excluding hydrogens is 244 g/mol. The fraction of sp³-hybridized carbons (Fsp3) is 0.143. The van der Waals surface area contributed by atoms with Crippen LogP contribution in [0.25, 0.3) is 0 Å². The SMILES string of the molecule is Cc1sc(N=Cc2ccc(O)cc2)c(C#N)c1C. The number of thiophene rings is 1. The third-order valence-corrected chi connectivity index (χ3v) is 3.82. The summed E-state index contributed by atoms with van der Waals surface area (Å²) in [5.41, 5.74) is 2.54. The lowest BCUT2D eigenvalue weighted by Gasteiger charge is -1.93. The van der Waals surface area contributed by atoms with Crippen molar-refractivity contribution >= 4 is 22.6 Å². The Balaban J connectivity index is 2.32. The van der Waals surface area contributed by atoms with Crippen LogP contribution in [0.1, 0.15) is 21.6 Å². The van der Waals surface area contributed by atoms with E-state index in [2.05, 4.69) is 11.1 Å². The van der Waals surface area contributed by atoms with Gasteiger partial charge in [0.1, 0.15) is 16.8 Å². The Kier molecular flexibility index (Phi) is 3.45.